The van der Waals surface area contributed by atoms with E-state index in [1.165, 1.54) is 56.0 Å². The monoisotopic (exact) mass is 271 g/mol. The molecule has 1 aliphatic carbocycles. The second kappa shape index (κ2) is 6.53. The SMILES string of the molecule is NC(CSc1ccc(F)c(F)c1)C1CCCCC1. The second-order valence-corrected chi connectivity index (χ2v) is 6.04. The van der Waals surface area contributed by atoms with Gasteiger partial charge in [0, 0.05) is 16.7 Å². The Morgan fingerprint density at radius 2 is 1.89 bits per heavy atom. The quantitative estimate of drug-likeness (QED) is 0.839. The molecule has 1 atom stereocenters. The fraction of sp³-hybridized carbons (Fsp3) is 0.571. The van der Waals surface area contributed by atoms with Crippen LogP contribution in [0.25, 0.3) is 0 Å². The molecule has 1 unspecified atom stereocenters. The van der Waals surface area contributed by atoms with Gasteiger partial charge in [-0.15, -0.1) is 11.8 Å². The minimum absolute atomic E-state index is 0.156. The first-order chi connectivity index (χ1) is 8.66. The van der Waals surface area contributed by atoms with Crippen LogP contribution in [-0.2, 0) is 0 Å². The van der Waals surface area contributed by atoms with Gasteiger partial charge in [0.25, 0.3) is 0 Å². The molecule has 18 heavy (non-hydrogen) atoms. The largest absolute Gasteiger partial charge is 0.327 e. The zero-order chi connectivity index (χ0) is 13.0. The molecule has 100 valence electrons. The van der Waals surface area contributed by atoms with Crippen LogP contribution in [0.1, 0.15) is 32.1 Å². The van der Waals surface area contributed by atoms with Gasteiger partial charge in [0.1, 0.15) is 0 Å². The maximum absolute atomic E-state index is 13.0. The van der Waals surface area contributed by atoms with Gasteiger partial charge in [-0.25, -0.2) is 8.78 Å². The highest BCUT2D eigenvalue weighted by atomic mass is 32.2. The van der Waals surface area contributed by atoms with E-state index in [-0.39, 0.29) is 6.04 Å². The van der Waals surface area contributed by atoms with E-state index in [1.54, 1.807) is 6.07 Å². The topological polar surface area (TPSA) is 26.0 Å². The van der Waals surface area contributed by atoms with E-state index in [0.29, 0.717) is 5.92 Å². The average molecular weight is 271 g/mol. The van der Waals surface area contributed by atoms with E-state index in [2.05, 4.69) is 0 Å². The van der Waals surface area contributed by atoms with Crippen molar-refractivity contribution in [2.24, 2.45) is 11.7 Å². The van der Waals surface area contributed by atoms with Crippen LogP contribution in [0.4, 0.5) is 8.78 Å². The lowest BCUT2D eigenvalue weighted by Gasteiger charge is -2.27. The Morgan fingerprint density at radius 1 is 1.17 bits per heavy atom. The van der Waals surface area contributed by atoms with Gasteiger partial charge in [-0.1, -0.05) is 19.3 Å². The summed E-state index contributed by atoms with van der Waals surface area (Å²) in [5.74, 6) is -0.214. The molecule has 1 aliphatic rings. The molecule has 0 spiro atoms. The highest BCUT2D eigenvalue weighted by molar-refractivity contribution is 7.99. The number of benzene rings is 1. The molecule has 1 aromatic rings. The lowest BCUT2D eigenvalue weighted by molar-refractivity contribution is 0.319. The first-order valence-electron chi connectivity index (χ1n) is 6.50. The normalized spacial score (nSPS) is 18.8. The molecule has 4 heteroatoms. The van der Waals surface area contributed by atoms with Gasteiger partial charge < -0.3 is 5.73 Å². The summed E-state index contributed by atoms with van der Waals surface area (Å²) in [6.45, 7) is 0. The average Bonchev–Trinajstić information content (AvgIpc) is 2.41. The molecule has 0 bridgehead atoms. The summed E-state index contributed by atoms with van der Waals surface area (Å²) in [5, 5.41) is 0. The molecular formula is C14H19F2NS. The van der Waals surface area contributed by atoms with Crippen LogP contribution in [0.3, 0.4) is 0 Å². The fourth-order valence-electron chi connectivity index (χ4n) is 2.46. The minimum atomic E-state index is -0.795. The number of rotatable bonds is 4. The molecule has 2 rings (SSSR count). The lowest BCUT2D eigenvalue weighted by Crippen LogP contribution is -2.33. The molecule has 1 saturated carbocycles. The molecule has 0 aromatic heterocycles. The molecule has 1 nitrogen and oxygen atoms in total. The van der Waals surface area contributed by atoms with Gasteiger partial charge in [-0.05, 0) is 37.0 Å². The Hall–Kier alpha value is -0.610. The summed E-state index contributed by atoms with van der Waals surface area (Å²) in [4.78, 5) is 0.750. The Balaban J connectivity index is 1.84. The van der Waals surface area contributed by atoms with Crippen LogP contribution < -0.4 is 5.73 Å². The Bertz CT molecular complexity index is 391. The van der Waals surface area contributed by atoms with Crippen molar-refractivity contribution in [3.8, 4) is 0 Å². The summed E-state index contributed by atoms with van der Waals surface area (Å²) in [7, 11) is 0. The van der Waals surface area contributed by atoms with E-state index < -0.39 is 11.6 Å². The summed E-state index contributed by atoms with van der Waals surface area (Å²) in [5.41, 5.74) is 6.18. The maximum Gasteiger partial charge on any atom is 0.159 e. The molecule has 0 aliphatic heterocycles. The number of hydrogen-bond acceptors (Lipinski definition) is 2. The molecule has 0 amide bonds. The van der Waals surface area contributed by atoms with Crippen molar-refractivity contribution in [3.05, 3.63) is 29.8 Å². The van der Waals surface area contributed by atoms with E-state index >= 15 is 0 Å². The van der Waals surface area contributed by atoms with Crippen molar-refractivity contribution in [1.82, 2.24) is 0 Å². The van der Waals surface area contributed by atoms with E-state index in [9.17, 15) is 8.78 Å². The van der Waals surface area contributed by atoms with Crippen LogP contribution in [0, 0.1) is 17.6 Å². The maximum atomic E-state index is 13.0. The highest BCUT2D eigenvalue weighted by Crippen LogP contribution is 2.29. The van der Waals surface area contributed by atoms with Gasteiger partial charge in [-0.2, -0.15) is 0 Å². The van der Waals surface area contributed by atoms with E-state index in [0.717, 1.165) is 10.6 Å². The van der Waals surface area contributed by atoms with Crippen LogP contribution in [0.2, 0.25) is 0 Å². The predicted molar refractivity (Wildman–Crippen MR) is 71.6 cm³/mol. The van der Waals surface area contributed by atoms with Crippen molar-refractivity contribution < 1.29 is 8.78 Å². The first kappa shape index (κ1) is 13.8. The van der Waals surface area contributed by atoms with Crippen molar-refractivity contribution in [2.45, 2.75) is 43.0 Å². The standard InChI is InChI=1S/C14H19F2NS/c15-12-7-6-11(8-13(12)16)18-9-14(17)10-4-2-1-3-5-10/h6-8,10,14H,1-5,9,17H2. The highest BCUT2D eigenvalue weighted by Gasteiger charge is 2.20. The molecule has 0 saturated heterocycles. The molecule has 0 heterocycles. The third-order valence-corrected chi connectivity index (χ3v) is 4.73. The summed E-state index contributed by atoms with van der Waals surface area (Å²) in [6, 6.07) is 4.18. The van der Waals surface area contributed by atoms with E-state index in [1.807, 2.05) is 0 Å². The number of thioether (sulfide) groups is 1. The van der Waals surface area contributed by atoms with Crippen LogP contribution in [-0.4, -0.2) is 11.8 Å². The van der Waals surface area contributed by atoms with Gasteiger partial charge in [0.05, 0.1) is 0 Å². The van der Waals surface area contributed by atoms with Gasteiger partial charge in [-0.3, -0.25) is 0 Å². The first-order valence-corrected chi connectivity index (χ1v) is 7.49. The number of halogens is 2. The summed E-state index contributed by atoms with van der Waals surface area (Å²) < 4.78 is 25.8. The molecule has 1 fully saturated rings. The number of nitrogens with two attached hydrogens (primary N) is 1. The molecule has 1 aromatic carbocycles. The molecule has 0 radical (unpaired) electrons. The van der Waals surface area contributed by atoms with Gasteiger partial charge in [0.15, 0.2) is 11.6 Å². The van der Waals surface area contributed by atoms with Crippen molar-refractivity contribution >= 4 is 11.8 Å². The van der Waals surface area contributed by atoms with Crippen LogP contribution in [0.15, 0.2) is 23.1 Å². The van der Waals surface area contributed by atoms with Crippen molar-refractivity contribution in [1.29, 1.82) is 0 Å². The summed E-state index contributed by atoms with van der Waals surface area (Å²) in [6.07, 6.45) is 6.28. The Kier molecular flexibility index (Phi) is 5.01. The van der Waals surface area contributed by atoms with E-state index in [4.69, 9.17) is 5.73 Å². The van der Waals surface area contributed by atoms with Crippen molar-refractivity contribution in [2.75, 3.05) is 5.75 Å². The minimum Gasteiger partial charge on any atom is -0.327 e. The molecular weight excluding hydrogens is 252 g/mol. The fourth-order valence-corrected chi connectivity index (χ4v) is 3.47. The zero-order valence-corrected chi connectivity index (χ0v) is 11.2. The summed E-state index contributed by atoms with van der Waals surface area (Å²) >= 11 is 1.51. The number of hydrogen-bond donors (Lipinski definition) is 1. The third kappa shape index (κ3) is 3.69. The predicted octanol–water partition coefficient (Wildman–Crippen LogP) is 3.96. The van der Waals surface area contributed by atoms with Crippen molar-refractivity contribution in [3.63, 3.8) is 0 Å². The molecule has 2 N–H and O–H groups in total. The lowest BCUT2D eigenvalue weighted by atomic mass is 9.85. The van der Waals surface area contributed by atoms with Gasteiger partial charge >= 0.3 is 0 Å². The van der Waals surface area contributed by atoms with Crippen LogP contribution in [0.5, 0.6) is 0 Å². The zero-order valence-electron chi connectivity index (χ0n) is 10.4. The van der Waals surface area contributed by atoms with Gasteiger partial charge in [0.2, 0.25) is 0 Å². The Labute approximate surface area is 111 Å². The Morgan fingerprint density at radius 3 is 2.56 bits per heavy atom. The smallest absolute Gasteiger partial charge is 0.159 e. The van der Waals surface area contributed by atoms with Crippen LogP contribution >= 0.6 is 11.8 Å². The third-order valence-electron chi connectivity index (χ3n) is 3.59. The second-order valence-electron chi connectivity index (χ2n) is 4.95.